The van der Waals surface area contributed by atoms with Gasteiger partial charge in [0.2, 0.25) is 0 Å². The van der Waals surface area contributed by atoms with Crippen LogP contribution in [0.4, 0.5) is 13.2 Å². The lowest BCUT2D eigenvalue weighted by molar-refractivity contribution is -0.0344. The van der Waals surface area contributed by atoms with Crippen molar-refractivity contribution in [2.45, 2.75) is 43.6 Å². The lowest BCUT2D eigenvalue weighted by Gasteiger charge is -2.28. The topological polar surface area (TPSA) is 26.3 Å². The highest BCUT2D eigenvalue weighted by Gasteiger charge is 2.38. The van der Waals surface area contributed by atoms with E-state index in [0.29, 0.717) is 5.56 Å². The van der Waals surface area contributed by atoms with Gasteiger partial charge in [0.05, 0.1) is 5.56 Å². The van der Waals surface area contributed by atoms with Crippen molar-refractivity contribution in [3.05, 3.63) is 35.9 Å². The van der Waals surface area contributed by atoms with Crippen LogP contribution in [0, 0.1) is 0 Å². The Bertz CT molecular complexity index is 443. The molecule has 0 radical (unpaired) electrons. The normalized spacial score (nSPS) is 13.9. The van der Waals surface area contributed by atoms with Gasteiger partial charge in [-0.05, 0) is 37.2 Å². The average Bonchev–Trinajstić information content (AvgIpc) is 2.25. The van der Waals surface area contributed by atoms with E-state index in [-0.39, 0.29) is 18.2 Å². The van der Waals surface area contributed by atoms with Crippen LogP contribution in [-0.4, -0.2) is 22.3 Å². The summed E-state index contributed by atoms with van der Waals surface area (Å²) in [5.74, 6) is -0.522. The molecule has 0 aliphatic rings. The number of carbonyl (C=O) groups excluding carboxylic acids is 1. The Morgan fingerprint density at radius 1 is 1.25 bits per heavy atom. The third-order valence-electron chi connectivity index (χ3n) is 2.49. The van der Waals surface area contributed by atoms with E-state index in [2.05, 4.69) is 0 Å². The van der Waals surface area contributed by atoms with Crippen molar-refractivity contribution in [2.75, 3.05) is 0 Å². The fourth-order valence-corrected chi connectivity index (χ4v) is 2.86. The van der Waals surface area contributed by atoms with Crippen molar-refractivity contribution in [2.24, 2.45) is 0 Å². The van der Waals surface area contributed by atoms with Gasteiger partial charge in [-0.15, -0.1) is 0 Å². The summed E-state index contributed by atoms with van der Waals surface area (Å²) in [4.78, 5) is 11.8. The molecule has 1 aromatic rings. The number of alkyl halides is 3. The molecule has 0 N–H and O–H groups in total. The first-order valence-corrected chi connectivity index (χ1v) is 6.94. The first-order chi connectivity index (χ1) is 9.09. The highest BCUT2D eigenvalue weighted by Crippen LogP contribution is 2.42. The number of benzene rings is 1. The van der Waals surface area contributed by atoms with E-state index in [4.69, 9.17) is 4.74 Å². The highest BCUT2D eigenvalue weighted by molar-refractivity contribution is 8.01. The molecule has 6 heteroatoms. The number of esters is 1. The summed E-state index contributed by atoms with van der Waals surface area (Å²) >= 11 is -0.0810. The number of thioether (sulfide) groups is 1. The summed E-state index contributed by atoms with van der Waals surface area (Å²) in [7, 11) is 0. The van der Waals surface area contributed by atoms with Crippen LogP contribution >= 0.6 is 11.8 Å². The van der Waals surface area contributed by atoms with Crippen LogP contribution in [0.5, 0.6) is 0 Å². The predicted octanol–water partition coefficient (Wildman–Crippen LogP) is 4.65. The quantitative estimate of drug-likeness (QED) is 0.740. The van der Waals surface area contributed by atoms with E-state index >= 15 is 0 Å². The maximum Gasteiger partial charge on any atom is 0.442 e. The zero-order chi connectivity index (χ0) is 15.4. The van der Waals surface area contributed by atoms with Crippen LogP contribution in [0.1, 0.15) is 37.6 Å². The number of ether oxygens (including phenoxy) is 1. The third kappa shape index (κ3) is 6.32. The van der Waals surface area contributed by atoms with Crippen LogP contribution in [0.25, 0.3) is 0 Å². The molecule has 2 nitrogen and oxygen atoms in total. The maximum atomic E-state index is 12.4. The summed E-state index contributed by atoms with van der Waals surface area (Å²) < 4.78 is 41.3. The van der Waals surface area contributed by atoms with Gasteiger partial charge in [-0.25, -0.2) is 4.79 Å². The lowest BCUT2D eigenvalue weighted by Crippen LogP contribution is -2.28. The van der Waals surface area contributed by atoms with E-state index in [1.165, 1.54) is 13.8 Å². The number of rotatable bonds is 5. The zero-order valence-corrected chi connectivity index (χ0v) is 12.3. The molecule has 20 heavy (non-hydrogen) atoms. The van der Waals surface area contributed by atoms with Crippen molar-refractivity contribution in [1.29, 1.82) is 0 Å². The van der Waals surface area contributed by atoms with Gasteiger partial charge in [0.15, 0.2) is 0 Å². The first kappa shape index (κ1) is 16.9. The molecule has 0 amide bonds. The van der Waals surface area contributed by atoms with Gasteiger partial charge in [-0.2, -0.15) is 13.2 Å². The standard InChI is InChI=1S/C14H17F3O2S/c1-10(9-13(2,3)20-14(15,16)17)19-12(18)11-7-5-4-6-8-11/h4-8,10H,9H2,1-3H3. The number of carbonyl (C=O) groups is 1. The molecule has 0 saturated heterocycles. The molecule has 1 aromatic carbocycles. The van der Waals surface area contributed by atoms with Crippen molar-refractivity contribution >= 4 is 17.7 Å². The minimum Gasteiger partial charge on any atom is -0.459 e. The Kier molecular flexibility index (Phi) is 5.50. The van der Waals surface area contributed by atoms with Crippen molar-refractivity contribution in [3.8, 4) is 0 Å². The van der Waals surface area contributed by atoms with Crippen molar-refractivity contribution < 1.29 is 22.7 Å². The zero-order valence-electron chi connectivity index (χ0n) is 11.5. The van der Waals surface area contributed by atoms with Crippen LogP contribution < -0.4 is 0 Å². The number of hydrogen-bond donors (Lipinski definition) is 0. The van der Waals surface area contributed by atoms with E-state index in [0.717, 1.165) is 0 Å². The fraction of sp³-hybridized carbons (Fsp3) is 0.500. The van der Waals surface area contributed by atoms with E-state index in [9.17, 15) is 18.0 Å². The predicted molar refractivity (Wildman–Crippen MR) is 73.7 cm³/mol. The molecule has 1 atom stereocenters. The summed E-state index contributed by atoms with van der Waals surface area (Å²) in [6, 6.07) is 8.37. The van der Waals surface area contributed by atoms with Gasteiger partial charge in [-0.3, -0.25) is 0 Å². The second-order valence-corrected chi connectivity index (χ2v) is 6.87. The van der Waals surface area contributed by atoms with Crippen LogP contribution in [0.3, 0.4) is 0 Å². The Hall–Kier alpha value is -1.17. The molecule has 0 spiro atoms. The third-order valence-corrected chi connectivity index (χ3v) is 3.44. The molecule has 0 fully saturated rings. The Morgan fingerprint density at radius 2 is 1.80 bits per heavy atom. The highest BCUT2D eigenvalue weighted by atomic mass is 32.2. The molecule has 0 aliphatic heterocycles. The monoisotopic (exact) mass is 306 g/mol. The summed E-state index contributed by atoms with van der Waals surface area (Å²) in [5.41, 5.74) is -3.91. The minimum absolute atomic E-state index is 0.0810. The number of hydrogen-bond acceptors (Lipinski definition) is 3. The second kappa shape index (κ2) is 6.52. The summed E-state index contributed by atoms with van der Waals surface area (Å²) in [5, 5.41) is 0. The van der Waals surface area contributed by atoms with E-state index < -0.39 is 22.3 Å². The van der Waals surface area contributed by atoms with Crippen molar-refractivity contribution in [1.82, 2.24) is 0 Å². The maximum absolute atomic E-state index is 12.4. The summed E-state index contributed by atoms with van der Waals surface area (Å²) in [6.07, 6.45) is -0.469. The van der Waals surface area contributed by atoms with Gasteiger partial charge < -0.3 is 4.74 Å². The Morgan fingerprint density at radius 3 is 2.30 bits per heavy atom. The van der Waals surface area contributed by atoms with Crippen LogP contribution in [0.2, 0.25) is 0 Å². The first-order valence-electron chi connectivity index (χ1n) is 6.12. The Balaban J connectivity index is 2.55. The molecule has 0 aliphatic carbocycles. The molecule has 112 valence electrons. The fourth-order valence-electron chi connectivity index (χ4n) is 1.91. The lowest BCUT2D eigenvalue weighted by atomic mass is 10.1. The van der Waals surface area contributed by atoms with E-state index in [1.54, 1.807) is 37.3 Å². The summed E-state index contributed by atoms with van der Waals surface area (Å²) in [6.45, 7) is 4.57. The van der Waals surface area contributed by atoms with Gasteiger partial charge in [0, 0.05) is 4.75 Å². The van der Waals surface area contributed by atoms with Gasteiger partial charge in [-0.1, -0.05) is 32.0 Å². The van der Waals surface area contributed by atoms with Gasteiger partial charge >= 0.3 is 11.5 Å². The molecule has 0 heterocycles. The van der Waals surface area contributed by atoms with Gasteiger partial charge in [0.25, 0.3) is 0 Å². The molecule has 0 saturated carbocycles. The average molecular weight is 306 g/mol. The number of halogens is 3. The SMILES string of the molecule is CC(CC(C)(C)SC(F)(F)F)OC(=O)c1ccccc1. The molecule has 0 bridgehead atoms. The minimum atomic E-state index is -4.30. The molecule has 1 unspecified atom stereocenters. The van der Waals surface area contributed by atoms with Crippen LogP contribution in [-0.2, 0) is 4.74 Å². The smallest absolute Gasteiger partial charge is 0.442 e. The van der Waals surface area contributed by atoms with Gasteiger partial charge in [0.1, 0.15) is 6.10 Å². The van der Waals surface area contributed by atoms with Crippen LogP contribution in [0.15, 0.2) is 30.3 Å². The molecular formula is C14H17F3O2S. The Labute approximate surface area is 120 Å². The van der Waals surface area contributed by atoms with E-state index in [1.807, 2.05) is 0 Å². The molecule has 0 aromatic heterocycles. The van der Waals surface area contributed by atoms with Crippen molar-refractivity contribution in [3.63, 3.8) is 0 Å². The largest absolute Gasteiger partial charge is 0.459 e. The molecular weight excluding hydrogens is 289 g/mol. The molecule has 1 rings (SSSR count). The second-order valence-electron chi connectivity index (χ2n) is 5.09.